The van der Waals surface area contributed by atoms with Crippen molar-refractivity contribution in [3.8, 4) is 5.75 Å². The number of halogens is 1. The molecule has 0 aliphatic rings. The van der Waals surface area contributed by atoms with Gasteiger partial charge >= 0.3 is 0 Å². The lowest BCUT2D eigenvalue weighted by Gasteiger charge is -2.11. The molecule has 3 nitrogen and oxygen atoms in total. The summed E-state index contributed by atoms with van der Waals surface area (Å²) in [5.41, 5.74) is 2.03. The van der Waals surface area contributed by atoms with Crippen LogP contribution in [0.4, 0.5) is 11.5 Å². The second-order valence-electron chi connectivity index (χ2n) is 3.67. The molecule has 0 saturated carbocycles. The fourth-order valence-electron chi connectivity index (χ4n) is 1.54. The summed E-state index contributed by atoms with van der Waals surface area (Å²) in [6.07, 6.45) is 0. The van der Waals surface area contributed by atoms with Gasteiger partial charge in [0.1, 0.15) is 16.7 Å². The van der Waals surface area contributed by atoms with Crippen molar-refractivity contribution in [3.05, 3.63) is 47.1 Å². The zero-order chi connectivity index (χ0) is 12.3. The summed E-state index contributed by atoms with van der Waals surface area (Å²) in [4.78, 5) is 4.17. The molecule has 0 atom stereocenters. The van der Waals surface area contributed by atoms with Crippen LogP contribution in [0.5, 0.6) is 5.75 Å². The average molecular weight is 249 g/mol. The van der Waals surface area contributed by atoms with Gasteiger partial charge in [-0.2, -0.15) is 0 Å². The third-order valence-electron chi connectivity index (χ3n) is 2.33. The van der Waals surface area contributed by atoms with Crippen LogP contribution in [-0.2, 0) is 0 Å². The molecule has 1 aromatic heterocycles. The molecule has 0 bridgehead atoms. The maximum atomic E-state index is 5.83. The van der Waals surface area contributed by atoms with E-state index in [0.29, 0.717) is 11.0 Å². The predicted octanol–water partition coefficient (Wildman–Crippen LogP) is 3.80. The lowest BCUT2D eigenvalue weighted by molar-refractivity contribution is 0.416. The van der Waals surface area contributed by atoms with E-state index in [1.807, 2.05) is 37.3 Å². The zero-order valence-electron chi connectivity index (χ0n) is 9.70. The first-order chi connectivity index (χ1) is 8.19. The van der Waals surface area contributed by atoms with Crippen molar-refractivity contribution in [3.63, 3.8) is 0 Å². The first kappa shape index (κ1) is 11.7. The number of pyridine rings is 1. The summed E-state index contributed by atoms with van der Waals surface area (Å²) >= 11 is 5.83. The predicted molar refractivity (Wildman–Crippen MR) is 70.3 cm³/mol. The lowest BCUT2D eigenvalue weighted by Crippen LogP contribution is -1.97. The molecular weight excluding hydrogens is 236 g/mol. The molecule has 0 amide bonds. The summed E-state index contributed by atoms with van der Waals surface area (Å²) in [6, 6.07) is 11.4. The quantitative estimate of drug-likeness (QED) is 0.839. The molecule has 2 aromatic rings. The summed E-state index contributed by atoms with van der Waals surface area (Å²) in [7, 11) is 1.64. The number of anilines is 2. The van der Waals surface area contributed by atoms with Crippen LogP contribution >= 0.6 is 11.6 Å². The number of nitrogens with zero attached hydrogens (tertiary/aromatic N) is 1. The Balaban J connectivity index is 2.32. The minimum Gasteiger partial charge on any atom is -0.495 e. The van der Waals surface area contributed by atoms with Crippen LogP contribution in [0.1, 0.15) is 5.56 Å². The second-order valence-corrected chi connectivity index (χ2v) is 4.06. The van der Waals surface area contributed by atoms with Crippen molar-refractivity contribution in [1.82, 2.24) is 4.98 Å². The Morgan fingerprint density at radius 2 is 2.06 bits per heavy atom. The minimum atomic E-state index is 0.460. The number of ether oxygens (including phenoxy) is 1. The first-order valence-electron chi connectivity index (χ1n) is 5.23. The molecule has 0 unspecified atom stereocenters. The number of rotatable bonds is 3. The highest BCUT2D eigenvalue weighted by atomic mass is 35.5. The van der Waals surface area contributed by atoms with Crippen LogP contribution in [0.3, 0.4) is 0 Å². The van der Waals surface area contributed by atoms with Crippen LogP contribution in [0.2, 0.25) is 5.15 Å². The van der Waals surface area contributed by atoms with Gasteiger partial charge in [-0.05, 0) is 36.8 Å². The highest BCUT2D eigenvalue weighted by molar-refractivity contribution is 6.29. The molecule has 0 saturated heterocycles. The maximum Gasteiger partial charge on any atom is 0.142 e. The summed E-state index contributed by atoms with van der Waals surface area (Å²) in [6.45, 7) is 2.02. The van der Waals surface area contributed by atoms with E-state index in [1.165, 1.54) is 0 Å². The van der Waals surface area contributed by atoms with Gasteiger partial charge < -0.3 is 10.1 Å². The van der Waals surface area contributed by atoms with E-state index in [4.69, 9.17) is 16.3 Å². The number of aromatic nitrogens is 1. The van der Waals surface area contributed by atoms with Crippen molar-refractivity contribution in [2.24, 2.45) is 0 Å². The van der Waals surface area contributed by atoms with Crippen LogP contribution in [0, 0.1) is 6.92 Å². The summed E-state index contributed by atoms with van der Waals surface area (Å²) < 4.78 is 5.28. The van der Waals surface area contributed by atoms with Crippen LogP contribution in [0.15, 0.2) is 36.4 Å². The fraction of sp³-hybridized carbons (Fsp3) is 0.154. The Kier molecular flexibility index (Phi) is 3.49. The minimum absolute atomic E-state index is 0.460. The Morgan fingerprint density at radius 1 is 1.24 bits per heavy atom. The van der Waals surface area contributed by atoms with Gasteiger partial charge in [0.05, 0.1) is 12.8 Å². The Hall–Kier alpha value is -1.74. The molecule has 1 N–H and O–H groups in total. The highest BCUT2D eigenvalue weighted by Gasteiger charge is 2.04. The van der Waals surface area contributed by atoms with E-state index in [9.17, 15) is 0 Å². The third-order valence-corrected chi connectivity index (χ3v) is 2.54. The number of aryl methyl sites for hydroxylation is 1. The molecule has 0 aliphatic carbocycles. The zero-order valence-corrected chi connectivity index (χ0v) is 10.5. The van der Waals surface area contributed by atoms with E-state index >= 15 is 0 Å². The highest BCUT2D eigenvalue weighted by Crippen LogP contribution is 2.28. The molecule has 17 heavy (non-hydrogen) atoms. The molecular formula is C13H13ClN2O. The van der Waals surface area contributed by atoms with Crippen molar-refractivity contribution in [2.75, 3.05) is 12.4 Å². The van der Waals surface area contributed by atoms with Gasteiger partial charge in [-0.3, -0.25) is 0 Å². The van der Waals surface area contributed by atoms with Crippen LogP contribution < -0.4 is 10.1 Å². The second kappa shape index (κ2) is 5.06. The fourth-order valence-corrected chi connectivity index (χ4v) is 1.70. The van der Waals surface area contributed by atoms with Crippen LogP contribution in [-0.4, -0.2) is 12.1 Å². The van der Waals surface area contributed by atoms with Crippen molar-refractivity contribution in [2.45, 2.75) is 6.92 Å². The summed E-state index contributed by atoms with van der Waals surface area (Å²) in [5.74, 6) is 1.47. The molecule has 4 heteroatoms. The number of benzene rings is 1. The van der Waals surface area contributed by atoms with E-state index in [0.717, 1.165) is 17.0 Å². The molecule has 0 spiro atoms. The first-order valence-corrected chi connectivity index (χ1v) is 5.61. The summed E-state index contributed by atoms with van der Waals surface area (Å²) in [5, 5.41) is 3.64. The Labute approximate surface area is 105 Å². The van der Waals surface area contributed by atoms with E-state index in [1.54, 1.807) is 13.2 Å². The van der Waals surface area contributed by atoms with Crippen LogP contribution in [0.25, 0.3) is 0 Å². The Bertz CT molecular complexity index is 529. The normalized spacial score (nSPS) is 10.1. The van der Waals surface area contributed by atoms with Gasteiger partial charge in [0.2, 0.25) is 0 Å². The number of hydrogen-bond acceptors (Lipinski definition) is 3. The van der Waals surface area contributed by atoms with Gasteiger partial charge in [-0.1, -0.05) is 23.7 Å². The molecule has 0 fully saturated rings. The molecule has 88 valence electrons. The van der Waals surface area contributed by atoms with Gasteiger partial charge in [-0.25, -0.2) is 4.98 Å². The van der Waals surface area contributed by atoms with E-state index in [2.05, 4.69) is 10.3 Å². The van der Waals surface area contributed by atoms with Crippen molar-refractivity contribution in [1.29, 1.82) is 0 Å². The van der Waals surface area contributed by atoms with Gasteiger partial charge in [0, 0.05) is 0 Å². The van der Waals surface area contributed by atoms with E-state index in [-0.39, 0.29) is 0 Å². The lowest BCUT2D eigenvalue weighted by atomic mass is 10.2. The largest absolute Gasteiger partial charge is 0.495 e. The SMILES string of the molecule is COc1ccc(C)cc1Nc1cccc(Cl)n1. The molecule has 0 radical (unpaired) electrons. The number of hydrogen-bond donors (Lipinski definition) is 1. The third kappa shape index (κ3) is 2.88. The molecule has 2 rings (SSSR count). The number of nitrogens with one attached hydrogen (secondary N) is 1. The topological polar surface area (TPSA) is 34.1 Å². The van der Waals surface area contributed by atoms with Crippen molar-refractivity contribution >= 4 is 23.1 Å². The van der Waals surface area contributed by atoms with Gasteiger partial charge in [0.25, 0.3) is 0 Å². The van der Waals surface area contributed by atoms with Gasteiger partial charge in [-0.15, -0.1) is 0 Å². The van der Waals surface area contributed by atoms with E-state index < -0.39 is 0 Å². The standard InChI is InChI=1S/C13H13ClN2O/c1-9-6-7-11(17-2)10(8-9)15-13-5-3-4-12(14)16-13/h3-8H,1-2H3,(H,15,16). The monoisotopic (exact) mass is 248 g/mol. The molecule has 1 aromatic carbocycles. The smallest absolute Gasteiger partial charge is 0.142 e. The Morgan fingerprint density at radius 3 is 2.76 bits per heavy atom. The maximum absolute atomic E-state index is 5.83. The van der Waals surface area contributed by atoms with Crippen molar-refractivity contribution < 1.29 is 4.74 Å². The molecule has 1 heterocycles. The average Bonchev–Trinajstić information content (AvgIpc) is 2.29. The number of methoxy groups -OCH3 is 1. The van der Waals surface area contributed by atoms with Gasteiger partial charge in [0.15, 0.2) is 0 Å². The molecule has 0 aliphatic heterocycles.